The monoisotopic (exact) mass is 230 g/mol. The molecule has 0 spiro atoms. The zero-order valence-corrected chi connectivity index (χ0v) is 8.49. The van der Waals surface area contributed by atoms with E-state index >= 15 is 0 Å². The van der Waals surface area contributed by atoms with Crippen LogP contribution in [-0.2, 0) is 0 Å². The Morgan fingerprint density at radius 2 is 1.94 bits per heavy atom. The van der Waals surface area contributed by atoms with Crippen molar-refractivity contribution >= 4 is 5.84 Å². The molecule has 1 rings (SSSR count). The fourth-order valence-electron chi connectivity index (χ4n) is 1.11. The molecule has 0 aromatic heterocycles. The van der Waals surface area contributed by atoms with E-state index in [0.29, 0.717) is 12.8 Å². The highest BCUT2D eigenvalue weighted by Gasteiger charge is 2.01. The fourth-order valence-corrected chi connectivity index (χ4v) is 1.11. The molecule has 0 aliphatic carbocycles. The zero-order chi connectivity index (χ0) is 12.0. The highest BCUT2D eigenvalue weighted by atomic mass is 19.1. The number of hydrogen-bond donors (Lipinski definition) is 2. The topological polar surface area (TPSA) is 67.8 Å². The Kier molecular flexibility index (Phi) is 4.50. The van der Waals surface area contributed by atoms with Gasteiger partial charge in [-0.15, -0.1) is 0 Å². The smallest absolute Gasteiger partial charge is 0.139 e. The number of oxime groups is 1. The summed E-state index contributed by atoms with van der Waals surface area (Å²) in [5, 5.41) is 11.0. The number of hydrogen-bond acceptors (Lipinski definition) is 3. The number of rotatable bonds is 5. The zero-order valence-electron chi connectivity index (χ0n) is 8.49. The third-order valence-corrected chi connectivity index (χ3v) is 1.81. The maximum absolute atomic E-state index is 12.7. The second-order valence-corrected chi connectivity index (χ2v) is 3.15. The van der Waals surface area contributed by atoms with E-state index in [2.05, 4.69) is 5.16 Å². The number of benzene rings is 1. The number of nitrogens with zero attached hydrogens (tertiary/aromatic N) is 1. The van der Waals surface area contributed by atoms with Crippen LogP contribution in [0, 0.1) is 11.6 Å². The minimum Gasteiger partial charge on any atom is -0.493 e. The number of amidine groups is 1. The summed E-state index contributed by atoms with van der Waals surface area (Å²) in [6.45, 7) is 0.235. The van der Waals surface area contributed by atoms with E-state index in [4.69, 9.17) is 15.7 Å². The van der Waals surface area contributed by atoms with E-state index in [1.807, 2.05) is 0 Å². The molecule has 88 valence electrons. The Labute approximate surface area is 91.3 Å². The summed E-state index contributed by atoms with van der Waals surface area (Å²) >= 11 is 0. The van der Waals surface area contributed by atoms with Crippen molar-refractivity contribution in [2.24, 2.45) is 10.9 Å². The maximum Gasteiger partial charge on any atom is 0.139 e. The quantitative estimate of drug-likeness (QED) is 0.267. The molecule has 0 radical (unpaired) electrons. The summed E-state index contributed by atoms with van der Waals surface area (Å²) in [5.41, 5.74) is 5.23. The van der Waals surface area contributed by atoms with Gasteiger partial charge in [-0.3, -0.25) is 0 Å². The number of halogens is 2. The van der Waals surface area contributed by atoms with Crippen molar-refractivity contribution in [2.45, 2.75) is 12.8 Å². The van der Waals surface area contributed by atoms with Crippen LogP contribution in [0.4, 0.5) is 8.78 Å². The van der Waals surface area contributed by atoms with Gasteiger partial charge in [0.15, 0.2) is 0 Å². The molecule has 0 bridgehead atoms. The first-order valence-electron chi connectivity index (χ1n) is 4.67. The lowest BCUT2D eigenvalue weighted by Gasteiger charge is -2.05. The van der Waals surface area contributed by atoms with Gasteiger partial charge in [0.05, 0.1) is 6.61 Å². The lowest BCUT2D eigenvalue weighted by atomic mass is 10.3. The fraction of sp³-hybridized carbons (Fsp3) is 0.300. The van der Waals surface area contributed by atoms with E-state index < -0.39 is 11.6 Å². The Morgan fingerprint density at radius 1 is 1.31 bits per heavy atom. The van der Waals surface area contributed by atoms with E-state index in [1.54, 1.807) is 0 Å². The summed E-state index contributed by atoms with van der Waals surface area (Å²) in [5.74, 6) is -1.16. The standard InChI is InChI=1S/C10H12F2N2O2/c11-7-4-8(12)6-9(5-7)16-3-1-2-10(13)14-15/h4-6,15H,1-3H2,(H2,13,14). The second kappa shape index (κ2) is 5.89. The van der Waals surface area contributed by atoms with Crippen LogP contribution in [0.5, 0.6) is 5.75 Å². The average molecular weight is 230 g/mol. The molecule has 0 heterocycles. The van der Waals surface area contributed by atoms with E-state index in [0.717, 1.165) is 18.2 Å². The molecule has 1 aromatic carbocycles. The molecule has 0 amide bonds. The predicted octanol–water partition coefficient (Wildman–Crippen LogP) is 1.87. The van der Waals surface area contributed by atoms with Crippen molar-refractivity contribution in [3.63, 3.8) is 0 Å². The van der Waals surface area contributed by atoms with Crippen LogP contribution in [0.15, 0.2) is 23.4 Å². The van der Waals surface area contributed by atoms with Gasteiger partial charge in [-0.1, -0.05) is 5.16 Å². The van der Waals surface area contributed by atoms with Gasteiger partial charge in [-0.05, 0) is 6.42 Å². The first kappa shape index (κ1) is 12.2. The third kappa shape index (κ3) is 4.12. The molecular weight excluding hydrogens is 218 g/mol. The van der Waals surface area contributed by atoms with Crippen molar-refractivity contribution in [1.82, 2.24) is 0 Å². The van der Waals surface area contributed by atoms with Crippen molar-refractivity contribution in [1.29, 1.82) is 0 Å². The molecule has 4 nitrogen and oxygen atoms in total. The van der Waals surface area contributed by atoms with Crippen LogP contribution in [0.3, 0.4) is 0 Å². The average Bonchev–Trinajstić information content (AvgIpc) is 2.22. The van der Waals surface area contributed by atoms with Gasteiger partial charge in [-0.25, -0.2) is 8.78 Å². The molecule has 16 heavy (non-hydrogen) atoms. The first-order valence-corrected chi connectivity index (χ1v) is 4.67. The first-order chi connectivity index (χ1) is 7.61. The van der Waals surface area contributed by atoms with Crippen LogP contribution in [0.2, 0.25) is 0 Å². The van der Waals surface area contributed by atoms with Gasteiger partial charge in [0.1, 0.15) is 23.2 Å². The second-order valence-electron chi connectivity index (χ2n) is 3.15. The Hall–Kier alpha value is -1.85. The number of nitrogens with two attached hydrogens (primary N) is 1. The van der Waals surface area contributed by atoms with Gasteiger partial charge in [0.2, 0.25) is 0 Å². The van der Waals surface area contributed by atoms with E-state index in [-0.39, 0.29) is 18.2 Å². The lowest BCUT2D eigenvalue weighted by Crippen LogP contribution is -2.12. The van der Waals surface area contributed by atoms with Crippen molar-refractivity contribution in [3.8, 4) is 5.75 Å². The number of ether oxygens (including phenoxy) is 1. The normalized spacial score (nSPS) is 11.5. The summed E-state index contributed by atoms with van der Waals surface area (Å²) in [4.78, 5) is 0. The molecular formula is C10H12F2N2O2. The van der Waals surface area contributed by atoms with Crippen LogP contribution < -0.4 is 10.5 Å². The van der Waals surface area contributed by atoms with Gasteiger partial charge in [-0.2, -0.15) is 0 Å². The Balaban J connectivity index is 2.37. The lowest BCUT2D eigenvalue weighted by molar-refractivity contribution is 0.303. The van der Waals surface area contributed by atoms with Crippen molar-refractivity contribution in [2.75, 3.05) is 6.61 Å². The molecule has 0 aliphatic heterocycles. The highest BCUT2D eigenvalue weighted by Crippen LogP contribution is 2.15. The molecule has 1 aromatic rings. The van der Waals surface area contributed by atoms with Crippen LogP contribution in [0.25, 0.3) is 0 Å². The molecule has 0 saturated carbocycles. The minimum absolute atomic E-state index is 0.0917. The van der Waals surface area contributed by atoms with E-state index in [1.165, 1.54) is 0 Å². The van der Waals surface area contributed by atoms with Gasteiger partial charge in [0, 0.05) is 24.6 Å². The van der Waals surface area contributed by atoms with Crippen LogP contribution in [0.1, 0.15) is 12.8 Å². The third-order valence-electron chi connectivity index (χ3n) is 1.81. The molecule has 0 fully saturated rings. The predicted molar refractivity (Wildman–Crippen MR) is 54.5 cm³/mol. The van der Waals surface area contributed by atoms with Crippen LogP contribution >= 0.6 is 0 Å². The Morgan fingerprint density at radius 3 is 2.50 bits per heavy atom. The summed E-state index contributed by atoms with van der Waals surface area (Å²) in [7, 11) is 0. The van der Waals surface area contributed by atoms with Gasteiger partial charge >= 0.3 is 0 Å². The highest BCUT2D eigenvalue weighted by molar-refractivity contribution is 5.79. The summed E-state index contributed by atoms with van der Waals surface area (Å²) < 4.78 is 30.5. The minimum atomic E-state index is -0.688. The maximum atomic E-state index is 12.7. The molecule has 0 saturated heterocycles. The molecule has 0 atom stereocenters. The van der Waals surface area contributed by atoms with Crippen LogP contribution in [-0.4, -0.2) is 17.6 Å². The molecule has 3 N–H and O–H groups in total. The Bertz CT molecular complexity index is 363. The van der Waals surface area contributed by atoms with E-state index in [9.17, 15) is 8.78 Å². The molecule has 0 aliphatic rings. The largest absolute Gasteiger partial charge is 0.493 e. The summed E-state index contributed by atoms with van der Waals surface area (Å²) in [6, 6.07) is 2.95. The van der Waals surface area contributed by atoms with Crippen molar-refractivity contribution in [3.05, 3.63) is 29.8 Å². The summed E-state index contributed by atoms with van der Waals surface area (Å²) in [6.07, 6.45) is 0.850. The van der Waals surface area contributed by atoms with Gasteiger partial charge < -0.3 is 15.7 Å². The molecule has 6 heteroatoms. The molecule has 0 unspecified atom stereocenters. The SMILES string of the molecule is NC(CCCOc1cc(F)cc(F)c1)=NO. The van der Waals surface area contributed by atoms with Crippen molar-refractivity contribution < 1.29 is 18.7 Å². The van der Waals surface area contributed by atoms with Gasteiger partial charge in [0.25, 0.3) is 0 Å².